The number of rotatable bonds is 6. The van der Waals surface area contributed by atoms with Gasteiger partial charge in [0, 0.05) is 19.9 Å². The Hall–Kier alpha value is -0.880. The molecule has 0 saturated heterocycles. The molecule has 1 aromatic heterocycles. The lowest BCUT2D eigenvalue weighted by Crippen LogP contribution is -2.33. The molecule has 1 rings (SSSR count). The molecule has 0 fully saturated rings. The largest absolute Gasteiger partial charge is 0.383 e. The van der Waals surface area contributed by atoms with Gasteiger partial charge < -0.3 is 10.1 Å². The molecule has 6 heteroatoms. The third kappa shape index (κ3) is 4.32. The first kappa shape index (κ1) is 13.2. The highest BCUT2D eigenvalue weighted by Gasteiger charge is 2.13. The average Bonchev–Trinajstić information content (AvgIpc) is 2.64. The molecular weight excluding hydrogens is 274 g/mol. The fourth-order valence-corrected chi connectivity index (χ4v) is 1.58. The van der Waals surface area contributed by atoms with Crippen LogP contribution >= 0.6 is 15.9 Å². The number of nitrogens with zero attached hydrogens (tertiary/aromatic N) is 2. The van der Waals surface area contributed by atoms with Crippen molar-refractivity contribution in [1.82, 2.24) is 15.1 Å². The van der Waals surface area contributed by atoms with Crippen LogP contribution in [0.2, 0.25) is 0 Å². The second-order valence-corrected chi connectivity index (χ2v) is 4.48. The third-order valence-corrected chi connectivity index (χ3v) is 2.53. The summed E-state index contributed by atoms with van der Waals surface area (Å²) in [7, 11) is 1.61. The summed E-state index contributed by atoms with van der Waals surface area (Å²) in [5, 5.41) is 6.89. The predicted octanol–water partition coefficient (Wildman–Crippen LogP) is 1.04. The van der Waals surface area contributed by atoms with Gasteiger partial charge in [-0.2, -0.15) is 5.10 Å². The number of halogens is 1. The van der Waals surface area contributed by atoms with Crippen LogP contribution in [0.25, 0.3) is 0 Å². The number of hydrogen-bond acceptors (Lipinski definition) is 3. The van der Waals surface area contributed by atoms with Crippen molar-refractivity contribution in [3.8, 4) is 0 Å². The van der Waals surface area contributed by atoms with Gasteiger partial charge in [0.1, 0.15) is 0 Å². The molecule has 1 heterocycles. The molecule has 0 aliphatic heterocycles. The number of ether oxygens (including phenoxy) is 1. The first-order valence-corrected chi connectivity index (χ1v) is 5.87. The molecule has 0 radical (unpaired) electrons. The Balaban J connectivity index is 2.34. The van der Waals surface area contributed by atoms with Crippen LogP contribution in [0.15, 0.2) is 16.9 Å². The Morgan fingerprint density at radius 1 is 1.75 bits per heavy atom. The van der Waals surface area contributed by atoms with Gasteiger partial charge in [-0.05, 0) is 15.9 Å². The van der Waals surface area contributed by atoms with E-state index in [2.05, 4.69) is 26.3 Å². The van der Waals surface area contributed by atoms with E-state index in [-0.39, 0.29) is 11.8 Å². The van der Waals surface area contributed by atoms with Crippen molar-refractivity contribution in [2.75, 3.05) is 20.3 Å². The van der Waals surface area contributed by atoms with E-state index in [4.69, 9.17) is 4.74 Å². The van der Waals surface area contributed by atoms with Crippen LogP contribution in [0.4, 0.5) is 0 Å². The Morgan fingerprint density at radius 2 is 2.50 bits per heavy atom. The molecule has 0 aliphatic rings. The molecule has 1 atom stereocenters. The summed E-state index contributed by atoms with van der Waals surface area (Å²) in [6.45, 7) is 3.52. The SMILES string of the molecule is COCCNC(=O)C(C)Cn1cc(Br)cn1. The topological polar surface area (TPSA) is 56.1 Å². The lowest BCUT2D eigenvalue weighted by molar-refractivity contribution is -0.125. The monoisotopic (exact) mass is 289 g/mol. The number of aromatic nitrogens is 2. The van der Waals surface area contributed by atoms with Crippen LogP contribution < -0.4 is 5.32 Å². The highest BCUT2D eigenvalue weighted by atomic mass is 79.9. The van der Waals surface area contributed by atoms with Gasteiger partial charge >= 0.3 is 0 Å². The molecule has 1 aromatic rings. The van der Waals surface area contributed by atoms with Crippen molar-refractivity contribution in [1.29, 1.82) is 0 Å². The lowest BCUT2D eigenvalue weighted by Gasteiger charge is -2.11. The molecule has 5 nitrogen and oxygen atoms in total. The smallest absolute Gasteiger partial charge is 0.224 e. The molecule has 1 amide bonds. The van der Waals surface area contributed by atoms with E-state index in [0.29, 0.717) is 19.7 Å². The zero-order chi connectivity index (χ0) is 12.0. The van der Waals surface area contributed by atoms with Gasteiger partial charge in [-0.3, -0.25) is 9.48 Å². The predicted molar refractivity (Wildman–Crippen MR) is 64.0 cm³/mol. The minimum atomic E-state index is -0.108. The highest BCUT2D eigenvalue weighted by Crippen LogP contribution is 2.08. The zero-order valence-corrected chi connectivity index (χ0v) is 11.0. The van der Waals surface area contributed by atoms with E-state index in [1.54, 1.807) is 18.0 Å². The van der Waals surface area contributed by atoms with Crippen molar-refractivity contribution in [2.24, 2.45) is 5.92 Å². The van der Waals surface area contributed by atoms with Gasteiger partial charge in [0.05, 0.1) is 29.7 Å². The maximum absolute atomic E-state index is 11.6. The fourth-order valence-electron chi connectivity index (χ4n) is 1.25. The van der Waals surface area contributed by atoms with Gasteiger partial charge in [0.2, 0.25) is 5.91 Å². The van der Waals surface area contributed by atoms with Crippen molar-refractivity contribution in [2.45, 2.75) is 13.5 Å². The Kier molecular flexibility index (Phi) is 5.48. The fraction of sp³-hybridized carbons (Fsp3) is 0.600. The first-order valence-electron chi connectivity index (χ1n) is 5.08. The van der Waals surface area contributed by atoms with Crippen molar-refractivity contribution in [3.05, 3.63) is 16.9 Å². The van der Waals surface area contributed by atoms with Crippen LogP contribution in [-0.2, 0) is 16.1 Å². The second-order valence-electron chi connectivity index (χ2n) is 3.57. The van der Waals surface area contributed by atoms with Crippen molar-refractivity contribution < 1.29 is 9.53 Å². The summed E-state index contributed by atoms with van der Waals surface area (Å²) in [5.74, 6) is -0.0904. The van der Waals surface area contributed by atoms with Gasteiger partial charge in [-0.25, -0.2) is 0 Å². The van der Waals surface area contributed by atoms with Crippen molar-refractivity contribution in [3.63, 3.8) is 0 Å². The molecule has 0 spiro atoms. The second kappa shape index (κ2) is 6.65. The quantitative estimate of drug-likeness (QED) is 0.797. The minimum Gasteiger partial charge on any atom is -0.383 e. The Labute approximate surface area is 103 Å². The molecule has 1 unspecified atom stereocenters. The average molecular weight is 290 g/mol. The maximum Gasteiger partial charge on any atom is 0.224 e. The molecule has 90 valence electrons. The van der Waals surface area contributed by atoms with Crippen LogP contribution in [0.5, 0.6) is 0 Å². The van der Waals surface area contributed by atoms with Crippen LogP contribution in [0, 0.1) is 5.92 Å². The maximum atomic E-state index is 11.6. The molecule has 16 heavy (non-hydrogen) atoms. The molecule has 0 aliphatic carbocycles. The summed E-state index contributed by atoms with van der Waals surface area (Å²) in [5.41, 5.74) is 0. The first-order chi connectivity index (χ1) is 7.63. The standard InChI is InChI=1S/C10H16BrN3O2/c1-8(10(15)12-3-4-16-2)6-14-7-9(11)5-13-14/h5,7-8H,3-4,6H2,1-2H3,(H,12,15). The summed E-state index contributed by atoms with van der Waals surface area (Å²) < 4.78 is 7.51. The lowest BCUT2D eigenvalue weighted by atomic mass is 10.1. The van der Waals surface area contributed by atoms with Crippen LogP contribution in [0.1, 0.15) is 6.92 Å². The molecule has 0 aromatic carbocycles. The van der Waals surface area contributed by atoms with E-state index in [1.807, 2.05) is 13.1 Å². The number of hydrogen-bond donors (Lipinski definition) is 1. The van der Waals surface area contributed by atoms with E-state index in [0.717, 1.165) is 4.47 Å². The molecular formula is C10H16BrN3O2. The third-order valence-electron chi connectivity index (χ3n) is 2.12. The van der Waals surface area contributed by atoms with Crippen LogP contribution in [-0.4, -0.2) is 35.9 Å². The zero-order valence-electron chi connectivity index (χ0n) is 9.44. The minimum absolute atomic E-state index is 0.0173. The number of methoxy groups -OCH3 is 1. The van der Waals surface area contributed by atoms with Crippen molar-refractivity contribution >= 4 is 21.8 Å². The molecule has 0 bridgehead atoms. The number of nitrogens with one attached hydrogen (secondary N) is 1. The van der Waals surface area contributed by atoms with Gasteiger partial charge in [0.25, 0.3) is 0 Å². The van der Waals surface area contributed by atoms with Gasteiger partial charge in [-0.15, -0.1) is 0 Å². The van der Waals surface area contributed by atoms with E-state index in [1.165, 1.54) is 0 Å². The number of carbonyl (C=O) groups is 1. The summed E-state index contributed by atoms with van der Waals surface area (Å²) in [6.07, 6.45) is 3.55. The summed E-state index contributed by atoms with van der Waals surface area (Å²) >= 11 is 3.31. The van der Waals surface area contributed by atoms with E-state index in [9.17, 15) is 4.79 Å². The molecule has 0 saturated carbocycles. The van der Waals surface area contributed by atoms with E-state index < -0.39 is 0 Å². The molecule has 1 N–H and O–H groups in total. The summed E-state index contributed by atoms with van der Waals surface area (Å²) in [4.78, 5) is 11.6. The van der Waals surface area contributed by atoms with Gasteiger partial charge in [0.15, 0.2) is 0 Å². The summed E-state index contributed by atoms with van der Waals surface area (Å²) in [6, 6.07) is 0. The normalized spacial score (nSPS) is 12.4. The van der Waals surface area contributed by atoms with Gasteiger partial charge in [-0.1, -0.05) is 6.92 Å². The van der Waals surface area contributed by atoms with E-state index >= 15 is 0 Å². The Bertz CT molecular complexity index is 341. The highest BCUT2D eigenvalue weighted by molar-refractivity contribution is 9.10. The number of amides is 1. The Morgan fingerprint density at radius 3 is 3.06 bits per heavy atom. The van der Waals surface area contributed by atoms with Crippen LogP contribution in [0.3, 0.4) is 0 Å². The number of carbonyl (C=O) groups excluding carboxylic acids is 1.